The minimum absolute atomic E-state index is 0.161. The fourth-order valence-corrected chi connectivity index (χ4v) is 7.79. The molecule has 0 saturated carbocycles. The van der Waals surface area contributed by atoms with E-state index >= 15 is 0 Å². The van der Waals surface area contributed by atoms with E-state index in [1.54, 1.807) is 17.0 Å². The zero-order chi connectivity index (χ0) is 28.9. The lowest BCUT2D eigenvalue weighted by molar-refractivity contribution is -0.127. The fraction of sp³-hybridized carbons (Fsp3) is 0.387. The SMILES string of the molecule is C=CC(=O)N1CCCC(NC(=O)c2sc3c(N)ccc4c3c2C(N)C(=O)C4(N)c2cccc(C3CCOCC3)c2)C1. The summed E-state index contributed by atoms with van der Waals surface area (Å²) in [6, 6.07) is 10.1. The molecule has 6 rings (SSSR count). The number of piperidine rings is 1. The number of benzene rings is 2. The van der Waals surface area contributed by atoms with Crippen molar-refractivity contribution < 1.29 is 19.1 Å². The number of likely N-dealkylation sites (tertiary alicyclic amines) is 1. The summed E-state index contributed by atoms with van der Waals surface area (Å²) < 4.78 is 6.23. The minimum atomic E-state index is -1.50. The Morgan fingerprint density at radius 1 is 1.17 bits per heavy atom. The number of nitrogens with zero attached hydrogens (tertiary/aromatic N) is 1. The van der Waals surface area contributed by atoms with Gasteiger partial charge < -0.3 is 32.2 Å². The normalized spacial score (nSPS) is 24.8. The van der Waals surface area contributed by atoms with Crippen LogP contribution in [-0.4, -0.2) is 54.8 Å². The van der Waals surface area contributed by atoms with E-state index < -0.39 is 11.6 Å². The summed E-state index contributed by atoms with van der Waals surface area (Å²) in [7, 11) is 0. The molecule has 10 heteroatoms. The Morgan fingerprint density at radius 3 is 2.71 bits per heavy atom. The van der Waals surface area contributed by atoms with Crippen LogP contribution in [0.4, 0.5) is 5.69 Å². The first kappa shape index (κ1) is 27.6. The molecular weight excluding hydrogens is 538 g/mol. The second kappa shape index (κ2) is 10.7. The van der Waals surface area contributed by atoms with Crippen LogP contribution in [0, 0.1) is 0 Å². The van der Waals surface area contributed by atoms with Crippen LogP contribution in [-0.2, 0) is 19.9 Å². The van der Waals surface area contributed by atoms with E-state index in [-0.39, 0.29) is 23.6 Å². The van der Waals surface area contributed by atoms with E-state index in [4.69, 9.17) is 21.9 Å². The van der Waals surface area contributed by atoms with Gasteiger partial charge in [-0.2, -0.15) is 0 Å². The van der Waals surface area contributed by atoms with Gasteiger partial charge in [-0.25, -0.2) is 0 Å². The molecule has 7 N–H and O–H groups in total. The maximum atomic E-state index is 14.2. The highest BCUT2D eigenvalue weighted by Crippen LogP contribution is 2.49. The molecule has 1 aromatic heterocycles. The van der Waals surface area contributed by atoms with Gasteiger partial charge in [0, 0.05) is 49.0 Å². The number of carbonyl (C=O) groups excluding carboxylic acids is 3. The van der Waals surface area contributed by atoms with Crippen molar-refractivity contribution >= 4 is 44.7 Å². The molecule has 0 bridgehead atoms. The first-order valence-electron chi connectivity index (χ1n) is 14.1. The number of nitrogens with one attached hydrogen (secondary N) is 1. The third-order valence-electron chi connectivity index (χ3n) is 8.80. The number of Topliss-reactive ketones (excluding diaryl/α,β-unsaturated/α-hetero) is 1. The van der Waals surface area contributed by atoms with Crippen molar-refractivity contribution in [3.05, 3.63) is 76.2 Å². The Hall–Kier alpha value is -3.57. The quantitative estimate of drug-likeness (QED) is 0.270. The second-order valence-corrected chi connectivity index (χ2v) is 12.2. The Kier molecular flexibility index (Phi) is 7.19. The molecule has 2 aliphatic heterocycles. The van der Waals surface area contributed by atoms with Crippen molar-refractivity contribution in [3.8, 4) is 0 Å². The lowest BCUT2D eigenvalue weighted by atomic mass is 9.70. The van der Waals surface area contributed by atoms with Crippen LogP contribution in [0.25, 0.3) is 10.1 Å². The Balaban J connectivity index is 1.40. The highest BCUT2D eigenvalue weighted by atomic mass is 32.1. The predicted molar refractivity (Wildman–Crippen MR) is 160 cm³/mol. The van der Waals surface area contributed by atoms with E-state index in [9.17, 15) is 14.4 Å². The first-order chi connectivity index (χ1) is 19.7. The molecular formula is C31H35N5O4S. The van der Waals surface area contributed by atoms with E-state index in [2.05, 4.69) is 18.0 Å². The number of hydrogen-bond acceptors (Lipinski definition) is 8. The summed E-state index contributed by atoms with van der Waals surface area (Å²) >= 11 is 1.23. The standard InChI is InChI=1S/C31H35N5O4S/c1-2-23(37)36-12-4-7-20(16-36)35-30(39)28-25-24-21(8-9-22(32)27(24)41-28)31(34,29(38)26(25)33)19-6-3-5-18(15-19)17-10-13-40-14-11-17/h2-3,5-6,8-9,15,17,20,26H,1,4,7,10-14,16,32-34H2,(H,35,39). The number of ether oxygens (including phenoxy) is 1. The number of anilines is 1. The van der Waals surface area contributed by atoms with E-state index in [1.165, 1.54) is 17.4 Å². The topological polar surface area (TPSA) is 154 Å². The zero-order valence-corrected chi connectivity index (χ0v) is 23.7. The number of carbonyl (C=O) groups is 3. The smallest absolute Gasteiger partial charge is 0.262 e. The van der Waals surface area contributed by atoms with Crippen LogP contribution in [0.1, 0.15) is 69.6 Å². The highest BCUT2D eigenvalue weighted by molar-refractivity contribution is 7.21. The van der Waals surface area contributed by atoms with Crippen molar-refractivity contribution in [2.75, 3.05) is 32.0 Å². The van der Waals surface area contributed by atoms with Crippen LogP contribution in [0.5, 0.6) is 0 Å². The third-order valence-corrected chi connectivity index (χ3v) is 10.1. The van der Waals surface area contributed by atoms with Crippen LogP contribution < -0.4 is 22.5 Å². The summed E-state index contributed by atoms with van der Waals surface area (Å²) in [6.45, 7) is 6.00. The van der Waals surface area contributed by atoms with Crippen molar-refractivity contribution in [3.63, 3.8) is 0 Å². The Labute approximate surface area is 242 Å². The van der Waals surface area contributed by atoms with Crippen LogP contribution in [0.3, 0.4) is 0 Å². The lowest BCUT2D eigenvalue weighted by Gasteiger charge is -2.37. The van der Waals surface area contributed by atoms with Gasteiger partial charge in [0.1, 0.15) is 5.54 Å². The van der Waals surface area contributed by atoms with E-state index in [1.807, 2.05) is 18.2 Å². The van der Waals surface area contributed by atoms with Crippen LogP contribution in [0.2, 0.25) is 0 Å². The van der Waals surface area contributed by atoms with E-state index in [0.717, 1.165) is 31.2 Å². The summed E-state index contributed by atoms with van der Waals surface area (Å²) in [5, 5.41) is 3.75. The van der Waals surface area contributed by atoms with E-state index in [0.29, 0.717) is 69.6 Å². The third kappa shape index (κ3) is 4.55. The second-order valence-electron chi connectivity index (χ2n) is 11.2. The molecule has 2 fully saturated rings. The summed E-state index contributed by atoms with van der Waals surface area (Å²) in [6.07, 6.45) is 4.61. The summed E-state index contributed by atoms with van der Waals surface area (Å²) in [5.74, 6) is -0.534. The maximum Gasteiger partial charge on any atom is 0.262 e. The Morgan fingerprint density at radius 2 is 1.95 bits per heavy atom. The van der Waals surface area contributed by atoms with Gasteiger partial charge in [-0.3, -0.25) is 14.4 Å². The van der Waals surface area contributed by atoms with Gasteiger partial charge >= 0.3 is 0 Å². The molecule has 214 valence electrons. The van der Waals surface area contributed by atoms with Gasteiger partial charge in [0.25, 0.3) is 5.91 Å². The number of nitrogen functional groups attached to an aromatic ring is 1. The van der Waals surface area contributed by atoms with Crippen LogP contribution >= 0.6 is 11.3 Å². The average molecular weight is 574 g/mol. The number of ketones is 1. The average Bonchev–Trinajstić information content (AvgIpc) is 3.42. The van der Waals surface area contributed by atoms with Gasteiger partial charge in [-0.15, -0.1) is 11.3 Å². The number of thiophene rings is 1. The van der Waals surface area contributed by atoms with Crippen molar-refractivity contribution in [2.45, 2.75) is 49.2 Å². The summed E-state index contributed by atoms with van der Waals surface area (Å²) in [5.41, 5.74) is 22.0. The number of nitrogens with two attached hydrogens (primary N) is 3. The lowest BCUT2D eigenvalue weighted by Crippen LogP contribution is -2.53. The molecule has 2 amide bonds. The molecule has 0 spiro atoms. The molecule has 41 heavy (non-hydrogen) atoms. The van der Waals surface area contributed by atoms with Gasteiger partial charge in [0.2, 0.25) is 5.91 Å². The van der Waals surface area contributed by atoms with Gasteiger partial charge in [0.15, 0.2) is 5.78 Å². The fourth-order valence-electron chi connectivity index (χ4n) is 6.59. The molecule has 9 nitrogen and oxygen atoms in total. The number of hydrogen-bond donors (Lipinski definition) is 4. The van der Waals surface area contributed by atoms with Crippen molar-refractivity contribution in [1.29, 1.82) is 0 Å². The predicted octanol–water partition coefficient (Wildman–Crippen LogP) is 3.07. The molecule has 1 aliphatic carbocycles. The molecule has 3 aliphatic rings. The molecule has 3 heterocycles. The van der Waals surface area contributed by atoms with Gasteiger partial charge in [0.05, 0.1) is 15.6 Å². The van der Waals surface area contributed by atoms with Crippen molar-refractivity contribution in [2.24, 2.45) is 11.5 Å². The van der Waals surface area contributed by atoms with Crippen molar-refractivity contribution in [1.82, 2.24) is 10.2 Å². The number of rotatable bonds is 5. The monoisotopic (exact) mass is 573 g/mol. The minimum Gasteiger partial charge on any atom is -0.398 e. The Bertz CT molecular complexity index is 1560. The molecule has 3 unspecified atom stereocenters. The highest BCUT2D eigenvalue weighted by Gasteiger charge is 2.49. The maximum absolute atomic E-state index is 14.2. The van der Waals surface area contributed by atoms with Crippen LogP contribution in [0.15, 0.2) is 49.1 Å². The molecule has 2 saturated heterocycles. The first-order valence-corrected chi connectivity index (χ1v) is 14.9. The number of amides is 2. The molecule has 3 aromatic rings. The zero-order valence-electron chi connectivity index (χ0n) is 22.9. The largest absolute Gasteiger partial charge is 0.398 e. The molecule has 3 atom stereocenters. The van der Waals surface area contributed by atoms with Gasteiger partial charge in [-0.1, -0.05) is 36.9 Å². The summed E-state index contributed by atoms with van der Waals surface area (Å²) in [4.78, 5) is 42.0. The van der Waals surface area contributed by atoms with Gasteiger partial charge in [-0.05, 0) is 60.4 Å². The molecule has 0 radical (unpaired) electrons. The molecule has 2 aromatic carbocycles.